The highest BCUT2D eigenvalue weighted by molar-refractivity contribution is 8.00. The third-order valence-corrected chi connectivity index (χ3v) is 7.35. The lowest BCUT2D eigenvalue weighted by atomic mass is 9.95. The lowest BCUT2D eigenvalue weighted by Gasteiger charge is -2.12. The number of thioether (sulfide) groups is 1. The summed E-state index contributed by atoms with van der Waals surface area (Å²) in [4.78, 5) is 39.2. The van der Waals surface area contributed by atoms with Crippen LogP contribution in [0.5, 0.6) is 0 Å². The zero-order valence-electron chi connectivity index (χ0n) is 18.6. The van der Waals surface area contributed by atoms with Crippen LogP contribution < -0.4 is 10.6 Å². The molecular formula is C24H30N2O4S2. The van der Waals surface area contributed by atoms with Gasteiger partial charge in [-0.3, -0.25) is 9.59 Å². The topological polar surface area (TPSA) is 84.5 Å². The molecule has 1 aliphatic carbocycles. The van der Waals surface area contributed by atoms with E-state index >= 15 is 0 Å². The predicted octanol–water partition coefficient (Wildman–Crippen LogP) is 5.66. The molecule has 0 fully saturated rings. The minimum Gasteiger partial charge on any atom is -0.462 e. The number of ether oxygens (including phenoxy) is 1. The van der Waals surface area contributed by atoms with E-state index in [0.29, 0.717) is 23.6 Å². The quantitative estimate of drug-likeness (QED) is 0.343. The maximum atomic E-state index is 12.7. The van der Waals surface area contributed by atoms with Gasteiger partial charge in [-0.25, -0.2) is 4.79 Å². The van der Waals surface area contributed by atoms with Crippen molar-refractivity contribution in [3.05, 3.63) is 40.3 Å². The standard InChI is InChI=1S/C24H30N2O4S2/c1-3-5-13-20(27)25-16-9-8-10-17(14-16)31-15-21(28)26-23-22(24(29)30-4-2)18-11-6-7-12-19(18)32-23/h8-10,14H,3-7,11-13,15H2,1-2H3,(H,25,27)(H,26,28). The van der Waals surface area contributed by atoms with E-state index in [1.807, 2.05) is 24.3 Å². The molecule has 0 unspecified atom stereocenters. The van der Waals surface area contributed by atoms with Crippen LogP contribution in [0.15, 0.2) is 29.2 Å². The fourth-order valence-electron chi connectivity index (χ4n) is 3.61. The van der Waals surface area contributed by atoms with Gasteiger partial charge in [-0.15, -0.1) is 23.1 Å². The minimum absolute atomic E-state index is 0.0000925. The molecule has 0 saturated carbocycles. The molecule has 1 heterocycles. The molecule has 0 spiro atoms. The lowest BCUT2D eigenvalue weighted by Crippen LogP contribution is -2.17. The number of unbranched alkanes of at least 4 members (excludes halogenated alkanes) is 1. The third-order valence-electron chi connectivity index (χ3n) is 5.15. The number of aryl methyl sites for hydroxylation is 1. The predicted molar refractivity (Wildman–Crippen MR) is 131 cm³/mol. The highest BCUT2D eigenvalue weighted by atomic mass is 32.2. The summed E-state index contributed by atoms with van der Waals surface area (Å²) in [5, 5.41) is 6.43. The van der Waals surface area contributed by atoms with E-state index in [4.69, 9.17) is 4.74 Å². The highest BCUT2D eigenvalue weighted by Crippen LogP contribution is 2.38. The Morgan fingerprint density at radius 3 is 2.69 bits per heavy atom. The largest absolute Gasteiger partial charge is 0.462 e. The van der Waals surface area contributed by atoms with Gasteiger partial charge in [0.15, 0.2) is 0 Å². The number of benzene rings is 1. The van der Waals surface area contributed by atoms with Gasteiger partial charge in [-0.1, -0.05) is 19.4 Å². The zero-order chi connectivity index (χ0) is 22.9. The molecule has 0 saturated heterocycles. The van der Waals surface area contributed by atoms with Crippen LogP contribution >= 0.6 is 23.1 Å². The Morgan fingerprint density at radius 2 is 1.91 bits per heavy atom. The number of anilines is 2. The smallest absolute Gasteiger partial charge is 0.341 e. The minimum atomic E-state index is -0.360. The van der Waals surface area contributed by atoms with E-state index in [-0.39, 0.29) is 23.5 Å². The Kier molecular flexibility index (Phi) is 9.17. The average molecular weight is 475 g/mol. The summed E-state index contributed by atoms with van der Waals surface area (Å²) < 4.78 is 5.25. The number of carbonyl (C=O) groups is 3. The van der Waals surface area contributed by atoms with Crippen molar-refractivity contribution in [1.82, 2.24) is 0 Å². The zero-order valence-corrected chi connectivity index (χ0v) is 20.3. The summed E-state index contributed by atoms with van der Waals surface area (Å²) in [5.74, 6) is -0.323. The van der Waals surface area contributed by atoms with Gasteiger partial charge in [0.1, 0.15) is 5.00 Å². The molecule has 8 heteroatoms. The van der Waals surface area contributed by atoms with Crippen LogP contribution in [0.1, 0.15) is 66.8 Å². The van der Waals surface area contributed by atoms with Crippen LogP contribution in [-0.4, -0.2) is 30.1 Å². The molecule has 1 aliphatic rings. The Labute approximate surface area is 197 Å². The Hall–Kier alpha value is -2.32. The van der Waals surface area contributed by atoms with Crippen LogP contribution in [0.25, 0.3) is 0 Å². The van der Waals surface area contributed by atoms with Gasteiger partial charge in [0.25, 0.3) is 0 Å². The first kappa shape index (κ1) is 24.3. The number of hydrogen-bond donors (Lipinski definition) is 2. The summed E-state index contributed by atoms with van der Waals surface area (Å²) in [6.45, 7) is 4.14. The molecule has 0 bridgehead atoms. The van der Waals surface area contributed by atoms with Crippen molar-refractivity contribution in [2.75, 3.05) is 23.0 Å². The molecule has 2 aromatic rings. The number of fused-ring (bicyclic) bond motifs is 1. The van der Waals surface area contributed by atoms with Gasteiger partial charge in [0, 0.05) is 21.9 Å². The molecule has 172 valence electrons. The molecular weight excluding hydrogens is 444 g/mol. The van der Waals surface area contributed by atoms with Crippen LogP contribution in [-0.2, 0) is 27.2 Å². The van der Waals surface area contributed by atoms with Crippen molar-refractivity contribution in [2.45, 2.75) is 63.7 Å². The Balaban J connectivity index is 1.62. The summed E-state index contributed by atoms with van der Waals surface area (Å²) in [5.41, 5.74) is 2.29. The van der Waals surface area contributed by atoms with Crippen LogP contribution in [0, 0.1) is 0 Å². The molecule has 0 atom stereocenters. The first-order chi connectivity index (χ1) is 15.5. The number of nitrogens with one attached hydrogen (secondary N) is 2. The van der Waals surface area contributed by atoms with Gasteiger partial charge >= 0.3 is 5.97 Å². The monoisotopic (exact) mass is 474 g/mol. The van der Waals surface area contributed by atoms with Gasteiger partial charge in [-0.05, 0) is 62.8 Å². The fraction of sp³-hybridized carbons (Fsp3) is 0.458. The van der Waals surface area contributed by atoms with Crippen LogP contribution in [0.4, 0.5) is 10.7 Å². The maximum Gasteiger partial charge on any atom is 0.341 e. The van der Waals surface area contributed by atoms with Crippen molar-refractivity contribution in [3.8, 4) is 0 Å². The second-order valence-electron chi connectivity index (χ2n) is 7.65. The van der Waals surface area contributed by atoms with Crippen molar-refractivity contribution < 1.29 is 19.1 Å². The van der Waals surface area contributed by atoms with Gasteiger partial charge in [0.2, 0.25) is 11.8 Å². The van der Waals surface area contributed by atoms with E-state index in [2.05, 4.69) is 17.6 Å². The van der Waals surface area contributed by atoms with Crippen molar-refractivity contribution in [3.63, 3.8) is 0 Å². The number of carbonyl (C=O) groups excluding carboxylic acids is 3. The summed E-state index contributed by atoms with van der Waals surface area (Å²) in [6.07, 6.45) is 6.28. The number of esters is 1. The molecule has 6 nitrogen and oxygen atoms in total. The lowest BCUT2D eigenvalue weighted by molar-refractivity contribution is -0.116. The molecule has 2 amide bonds. The first-order valence-electron chi connectivity index (χ1n) is 11.2. The first-order valence-corrected chi connectivity index (χ1v) is 13.0. The summed E-state index contributed by atoms with van der Waals surface area (Å²) in [7, 11) is 0. The second-order valence-corrected chi connectivity index (χ2v) is 9.81. The SMILES string of the molecule is CCCCC(=O)Nc1cccc(SCC(=O)Nc2sc3c(c2C(=O)OCC)CCCC3)c1. The van der Waals surface area contributed by atoms with E-state index in [9.17, 15) is 14.4 Å². The number of thiophene rings is 1. The Morgan fingerprint density at radius 1 is 1.09 bits per heavy atom. The average Bonchev–Trinajstić information content (AvgIpc) is 3.14. The third kappa shape index (κ3) is 6.59. The molecule has 2 N–H and O–H groups in total. The van der Waals surface area contributed by atoms with E-state index in [0.717, 1.165) is 54.7 Å². The maximum absolute atomic E-state index is 12.7. The molecule has 1 aromatic carbocycles. The van der Waals surface area contributed by atoms with E-state index in [1.165, 1.54) is 28.0 Å². The van der Waals surface area contributed by atoms with Gasteiger partial charge in [-0.2, -0.15) is 0 Å². The molecule has 0 aliphatic heterocycles. The number of hydrogen-bond acceptors (Lipinski definition) is 6. The summed E-state index contributed by atoms with van der Waals surface area (Å²) >= 11 is 2.88. The van der Waals surface area contributed by atoms with Crippen molar-refractivity contribution in [1.29, 1.82) is 0 Å². The molecule has 0 radical (unpaired) electrons. The highest BCUT2D eigenvalue weighted by Gasteiger charge is 2.27. The van der Waals surface area contributed by atoms with Crippen molar-refractivity contribution in [2.24, 2.45) is 0 Å². The van der Waals surface area contributed by atoms with Crippen molar-refractivity contribution >= 4 is 51.6 Å². The number of amides is 2. The normalized spacial score (nSPS) is 12.7. The van der Waals surface area contributed by atoms with Gasteiger partial charge in [0.05, 0.1) is 17.9 Å². The van der Waals surface area contributed by atoms with E-state index in [1.54, 1.807) is 6.92 Å². The van der Waals surface area contributed by atoms with Crippen LogP contribution in [0.3, 0.4) is 0 Å². The molecule has 1 aromatic heterocycles. The number of rotatable bonds is 10. The Bertz CT molecular complexity index is 971. The van der Waals surface area contributed by atoms with Gasteiger partial charge < -0.3 is 15.4 Å². The van der Waals surface area contributed by atoms with Crippen LogP contribution in [0.2, 0.25) is 0 Å². The second kappa shape index (κ2) is 12.1. The summed E-state index contributed by atoms with van der Waals surface area (Å²) in [6, 6.07) is 7.49. The molecule has 3 rings (SSSR count). The fourth-order valence-corrected chi connectivity index (χ4v) is 5.66. The van der Waals surface area contributed by atoms with E-state index < -0.39 is 0 Å². The molecule has 32 heavy (non-hydrogen) atoms.